The van der Waals surface area contributed by atoms with E-state index in [0.29, 0.717) is 11.1 Å². The van der Waals surface area contributed by atoms with Gasteiger partial charge >= 0.3 is 0 Å². The molecule has 0 saturated heterocycles. The highest BCUT2D eigenvalue weighted by atomic mass is 16.3. The van der Waals surface area contributed by atoms with Gasteiger partial charge < -0.3 is 26.2 Å². The zero-order chi connectivity index (χ0) is 27.8. The van der Waals surface area contributed by atoms with E-state index in [1.165, 1.54) is 11.0 Å². The SMILES string of the molecule is CC(C)n1cc(-c2ccc(O)c3c2CC2CC4C(N(C)C)C(=O)C(C(N)=O)=C(O)C4(O)C(=O)C2=C3O)cn1. The van der Waals surface area contributed by atoms with Crippen LogP contribution >= 0.6 is 0 Å². The van der Waals surface area contributed by atoms with Crippen LogP contribution in [0.4, 0.5) is 0 Å². The number of aromatic hydroxyl groups is 1. The molecule has 11 nitrogen and oxygen atoms in total. The molecular formula is C27H30N4O7. The number of aliphatic hydroxyl groups is 3. The number of carbonyl (C=O) groups is 3. The predicted molar refractivity (Wildman–Crippen MR) is 136 cm³/mol. The number of hydrogen-bond acceptors (Lipinski definition) is 9. The van der Waals surface area contributed by atoms with Gasteiger partial charge in [0.15, 0.2) is 11.4 Å². The van der Waals surface area contributed by atoms with Crippen molar-refractivity contribution >= 4 is 23.2 Å². The number of primary amides is 1. The number of aromatic nitrogens is 2. The molecule has 5 rings (SSSR count). The molecule has 6 N–H and O–H groups in total. The van der Waals surface area contributed by atoms with E-state index in [1.54, 1.807) is 31.0 Å². The number of phenolic OH excluding ortho intramolecular Hbond substituents is 1. The topological polar surface area (TPSA) is 179 Å². The Balaban J connectivity index is 1.72. The average Bonchev–Trinajstić information content (AvgIpc) is 3.31. The number of nitrogens with zero attached hydrogens (tertiary/aromatic N) is 3. The summed E-state index contributed by atoms with van der Waals surface area (Å²) in [5, 5.41) is 49.1. The van der Waals surface area contributed by atoms with Crippen LogP contribution in [0.2, 0.25) is 0 Å². The lowest BCUT2D eigenvalue weighted by Crippen LogP contribution is -2.65. The fraction of sp³-hybridized carbons (Fsp3) is 0.407. The Hall–Kier alpha value is -3.96. The van der Waals surface area contributed by atoms with Crippen LogP contribution in [0.25, 0.3) is 16.9 Å². The minimum absolute atomic E-state index is 0.0338. The Labute approximate surface area is 218 Å². The van der Waals surface area contributed by atoms with Crippen LogP contribution in [0, 0.1) is 11.8 Å². The van der Waals surface area contributed by atoms with E-state index in [-0.39, 0.29) is 35.8 Å². The Morgan fingerprint density at radius 3 is 2.47 bits per heavy atom. The second kappa shape index (κ2) is 8.53. The number of carbonyl (C=O) groups excluding carboxylic acids is 3. The van der Waals surface area contributed by atoms with Gasteiger partial charge in [0.25, 0.3) is 5.91 Å². The van der Waals surface area contributed by atoms with Gasteiger partial charge in [0.05, 0.1) is 17.8 Å². The third kappa shape index (κ3) is 3.35. The second-order valence-electron chi connectivity index (χ2n) is 10.8. The molecule has 38 heavy (non-hydrogen) atoms. The van der Waals surface area contributed by atoms with E-state index in [0.717, 1.165) is 5.56 Å². The number of amides is 1. The van der Waals surface area contributed by atoms with Crippen LogP contribution in [-0.2, 0) is 20.8 Å². The molecule has 4 unspecified atom stereocenters. The summed E-state index contributed by atoms with van der Waals surface area (Å²) < 4.78 is 1.78. The molecule has 1 heterocycles. The van der Waals surface area contributed by atoms with Crippen molar-refractivity contribution < 1.29 is 34.8 Å². The second-order valence-corrected chi connectivity index (χ2v) is 10.8. The van der Waals surface area contributed by atoms with Crippen molar-refractivity contribution in [2.24, 2.45) is 17.6 Å². The maximum atomic E-state index is 13.9. The molecule has 0 bridgehead atoms. The van der Waals surface area contributed by atoms with E-state index in [9.17, 15) is 34.8 Å². The third-order valence-corrected chi connectivity index (χ3v) is 8.05. The summed E-state index contributed by atoms with van der Waals surface area (Å²) in [4.78, 5) is 40.6. The number of hydrogen-bond donors (Lipinski definition) is 5. The molecule has 1 aromatic carbocycles. The summed E-state index contributed by atoms with van der Waals surface area (Å²) in [6.07, 6.45) is 3.79. The Morgan fingerprint density at radius 2 is 1.89 bits per heavy atom. The number of benzene rings is 1. The van der Waals surface area contributed by atoms with Crippen LogP contribution in [-0.4, -0.2) is 78.3 Å². The molecule has 3 aliphatic carbocycles. The summed E-state index contributed by atoms with van der Waals surface area (Å²) >= 11 is 0. The third-order valence-electron chi connectivity index (χ3n) is 8.05. The number of Topliss-reactive ketones (excluding diaryl/α,β-unsaturated/α-hetero) is 2. The van der Waals surface area contributed by atoms with Gasteiger partial charge in [-0.1, -0.05) is 6.07 Å². The molecule has 0 spiro atoms. The van der Waals surface area contributed by atoms with E-state index in [4.69, 9.17) is 5.73 Å². The fourth-order valence-electron chi connectivity index (χ4n) is 6.27. The minimum Gasteiger partial charge on any atom is -0.508 e. The average molecular weight is 523 g/mol. The highest BCUT2D eigenvalue weighted by molar-refractivity contribution is 6.24. The van der Waals surface area contributed by atoms with Gasteiger partial charge in [0.2, 0.25) is 5.78 Å². The predicted octanol–water partition coefficient (Wildman–Crippen LogP) is 1.41. The monoisotopic (exact) mass is 522 g/mol. The number of nitrogens with two attached hydrogens (primary N) is 1. The Morgan fingerprint density at radius 1 is 1.21 bits per heavy atom. The first-order valence-electron chi connectivity index (χ1n) is 12.3. The van der Waals surface area contributed by atoms with Crippen molar-refractivity contribution in [3.05, 3.63) is 52.6 Å². The lowest BCUT2D eigenvalue weighted by molar-refractivity contribution is -0.153. The van der Waals surface area contributed by atoms with Crippen molar-refractivity contribution in [1.82, 2.24) is 14.7 Å². The van der Waals surface area contributed by atoms with Crippen LogP contribution < -0.4 is 5.73 Å². The van der Waals surface area contributed by atoms with Gasteiger partial charge in [0.1, 0.15) is 22.8 Å². The summed E-state index contributed by atoms with van der Waals surface area (Å²) in [6.45, 7) is 3.97. The summed E-state index contributed by atoms with van der Waals surface area (Å²) in [5.74, 6) is -6.72. The molecule has 1 amide bonds. The minimum atomic E-state index is -2.66. The summed E-state index contributed by atoms with van der Waals surface area (Å²) in [5.41, 5.74) is 3.80. The highest BCUT2D eigenvalue weighted by Crippen LogP contribution is 2.53. The van der Waals surface area contributed by atoms with Gasteiger partial charge in [-0.3, -0.25) is 24.0 Å². The first-order chi connectivity index (χ1) is 17.8. The van der Waals surface area contributed by atoms with Crippen molar-refractivity contribution in [3.63, 3.8) is 0 Å². The van der Waals surface area contributed by atoms with Gasteiger partial charge in [-0.05, 0) is 63.9 Å². The standard InChI is InChI=1S/C27H30N4O7/c1-11(2)31-10-13(9-29-31)14-5-6-17(32)19-15(14)7-12-8-16-21(30(3)4)23(34)20(26(28)37)25(36)27(16,38)24(35)18(12)22(19)33/h5-6,9-12,16,21,32-33,36,38H,7-8H2,1-4H3,(H2,28,37). The van der Waals surface area contributed by atoms with Crippen LogP contribution in [0.15, 0.2) is 41.4 Å². The molecule has 1 saturated carbocycles. The fourth-order valence-corrected chi connectivity index (χ4v) is 6.27. The van der Waals surface area contributed by atoms with Gasteiger partial charge in [-0.25, -0.2) is 0 Å². The van der Waals surface area contributed by atoms with E-state index in [1.807, 2.05) is 20.0 Å². The molecule has 4 atom stereocenters. The molecule has 0 aliphatic heterocycles. The molecule has 200 valence electrons. The number of rotatable bonds is 4. The van der Waals surface area contributed by atoms with Crippen molar-refractivity contribution in [3.8, 4) is 16.9 Å². The maximum Gasteiger partial charge on any atom is 0.255 e. The molecule has 11 heteroatoms. The van der Waals surface area contributed by atoms with Crippen molar-refractivity contribution in [2.45, 2.75) is 44.4 Å². The Kier molecular flexibility index (Phi) is 5.77. The van der Waals surface area contributed by atoms with Gasteiger partial charge in [-0.15, -0.1) is 0 Å². The largest absolute Gasteiger partial charge is 0.508 e. The van der Waals surface area contributed by atoms with Crippen LogP contribution in [0.1, 0.15) is 37.4 Å². The normalized spacial score (nSPS) is 27.1. The lowest BCUT2D eigenvalue weighted by Gasteiger charge is -2.50. The molecule has 1 fully saturated rings. The summed E-state index contributed by atoms with van der Waals surface area (Å²) in [7, 11) is 3.13. The highest BCUT2D eigenvalue weighted by Gasteiger charge is 2.64. The van der Waals surface area contributed by atoms with E-state index in [2.05, 4.69) is 5.10 Å². The number of phenols is 1. The zero-order valence-electron chi connectivity index (χ0n) is 21.5. The quantitative estimate of drug-likeness (QED) is 0.371. The molecular weight excluding hydrogens is 492 g/mol. The Bertz CT molecular complexity index is 1470. The van der Waals surface area contributed by atoms with Crippen molar-refractivity contribution in [2.75, 3.05) is 14.1 Å². The smallest absolute Gasteiger partial charge is 0.255 e. The first kappa shape index (κ1) is 25.7. The number of ketones is 2. The molecule has 1 aromatic heterocycles. The molecule has 0 radical (unpaired) electrons. The number of likely N-dealkylation sites (N-methyl/N-ethyl adjacent to an activating group) is 1. The first-order valence-corrected chi connectivity index (χ1v) is 12.3. The van der Waals surface area contributed by atoms with Crippen molar-refractivity contribution in [1.29, 1.82) is 0 Å². The van der Waals surface area contributed by atoms with E-state index >= 15 is 0 Å². The van der Waals surface area contributed by atoms with Gasteiger partial charge in [0, 0.05) is 29.3 Å². The summed E-state index contributed by atoms with van der Waals surface area (Å²) in [6, 6.07) is 2.12. The number of aliphatic hydroxyl groups excluding tert-OH is 2. The van der Waals surface area contributed by atoms with Crippen LogP contribution in [0.5, 0.6) is 5.75 Å². The molecule has 3 aliphatic rings. The van der Waals surface area contributed by atoms with Gasteiger partial charge in [-0.2, -0.15) is 5.10 Å². The van der Waals surface area contributed by atoms with Crippen LogP contribution in [0.3, 0.4) is 0 Å². The van der Waals surface area contributed by atoms with E-state index < -0.39 is 58.0 Å². The molecule has 2 aromatic rings. The zero-order valence-corrected chi connectivity index (χ0v) is 21.5. The maximum absolute atomic E-state index is 13.9. The lowest BCUT2D eigenvalue weighted by atomic mass is 9.57. The number of fused-ring (bicyclic) bond motifs is 3.